The zero-order valence-corrected chi connectivity index (χ0v) is 16.2. The van der Waals surface area contributed by atoms with Gasteiger partial charge in [-0.05, 0) is 36.1 Å². The van der Waals surface area contributed by atoms with E-state index in [1.165, 1.54) is 17.2 Å². The van der Waals surface area contributed by atoms with Crippen molar-refractivity contribution in [2.75, 3.05) is 19.6 Å². The van der Waals surface area contributed by atoms with E-state index in [4.69, 9.17) is 0 Å². The first-order chi connectivity index (χ1) is 13.6. The van der Waals surface area contributed by atoms with Crippen molar-refractivity contribution in [1.29, 1.82) is 0 Å². The van der Waals surface area contributed by atoms with Crippen LogP contribution in [0.4, 0.5) is 0 Å². The molecule has 3 rings (SSSR count). The maximum absolute atomic E-state index is 12.2. The Balaban J connectivity index is 1.37. The number of rotatable bonds is 7. The number of hydrogen-bond acceptors (Lipinski definition) is 3. The van der Waals surface area contributed by atoms with Crippen molar-refractivity contribution in [3.63, 3.8) is 0 Å². The maximum Gasteiger partial charge on any atom is 0.244 e. The predicted molar refractivity (Wildman–Crippen MR) is 112 cm³/mol. The molecule has 0 saturated carbocycles. The Labute approximate surface area is 166 Å². The molecule has 1 unspecified atom stereocenters. The van der Waals surface area contributed by atoms with Crippen molar-refractivity contribution >= 4 is 17.9 Å². The van der Waals surface area contributed by atoms with Crippen LogP contribution in [0.15, 0.2) is 60.7 Å². The van der Waals surface area contributed by atoms with E-state index in [2.05, 4.69) is 39.8 Å². The molecule has 0 bridgehead atoms. The lowest BCUT2D eigenvalue weighted by atomic mass is 10.00. The summed E-state index contributed by atoms with van der Waals surface area (Å²) in [6.07, 6.45) is 4.22. The summed E-state index contributed by atoms with van der Waals surface area (Å²) in [5.41, 5.74) is 3.73. The second kappa shape index (κ2) is 9.85. The van der Waals surface area contributed by atoms with Crippen LogP contribution < -0.4 is 10.6 Å². The first kappa shape index (κ1) is 19.8. The Kier molecular flexibility index (Phi) is 6.98. The van der Waals surface area contributed by atoms with Gasteiger partial charge in [-0.3, -0.25) is 14.5 Å². The molecular formula is C23H27N3O2. The first-order valence-corrected chi connectivity index (χ1v) is 9.72. The topological polar surface area (TPSA) is 61.4 Å². The summed E-state index contributed by atoms with van der Waals surface area (Å²) >= 11 is 0. The van der Waals surface area contributed by atoms with Crippen LogP contribution in [0.25, 0.3) is 6.08 Å². The largest absolute Gasteiger partial charge is 0.353 e. The van der Waals surface area contributed by atoms with Gasteiger partial charge in [-0.25, -0.2) is 0 Å². The third-order valence-corrected chi connectivity index (χ3v) is 4.92. The molecule has 0 spiro atoms. The molecule has 2 aromatic carbocycles. The average Bonchev–Trinajstić information content (AvgIpc) is 2.73. The van der Waals surface area contributed by atoms with Gasteiger partial charge in [-0.2, -0.15) is 0 Å². The van der Waals surface area contributed by atoms with E-state index in [1.54, 1.807) is 13.0 Å². The number of fused-ring (bicyclic) bond motifs is 1. The summed E-state index contributed by atoms with van der Waals surface area (Å²) in [5, 5.41) is 5.61. The first-order valence-electron chi connectivity index (χ1n) is 9.72. The molecule has 0 saturated heterocycles. The number of nitrogens with one attached hydrogen (secondary N) is 2. The highest BCUT2D eigenvalue weighted by atomic mass is 16.2. The van der Waals surface area contributed by atoms with Crippen molar-refractivity contribution in [2.45, 2.75) is 25.9 Å². The highest BCUT2D eigenvalue weighted by molar-refractivity contribution is 5.95. The smallest absolute Gasteiger partial charge is 0.244 e. The summed E-state index contributed by atoms with van der Waals surface area (Å²) in [6.45, 7) is 4.99. The molecule has 2 aromatic rings. The Hall–Kier alpha value is -2.92. The molecular weight excluding hydrogens is 350 g/mol. The fourth-order valence-corrected chi connectivity index (χ4v) is 3.30. The number of carbonyl (C=O) groups excluding carboxylic acids is 2. The fraction of sp³-hybridized carbons (Fsp3) is 0.304. The van der Waals surface area contributed by atoms with Crippen molar-refractivity contribution in [2.24, 2.45) is 0 Å². The number of hydrogen-bond donors (Lipinski definition) is 2. The zero-order valence-electron chi connectivity index (χ0n) is 16.2. The van der Waals surface area contributed by atoms with Crippen LogP contribution in [0.3, 0.4) is 0 Å². The highest BCUT2D eigenvalue weighted by Gasteiger charge is 2.17. The van der Waals surface area contributed by atoms with Crippen LogP contribution in [0, 0.1) is 0 Å². The molecule has 2 N–H and O–H groups in total. The molecule has 5 heteroatoms. The molecule has 146 valence electrons. The molecule has 5 nitrogen and oxygen atoms in total. The van der Waals surface area contributed by atoms with Gasteiger partial charge in [-0.15, -0.1) is 0 Å². The Morgan fingerprint density at radius 2 is 1.79 bits per heavy atom. The van der Waals surface area contributed by atoms with Gasteiger partial charge in [0, 0.05) is 32.3 Å². The van der Waals surface area contributed by atoms with E-state index in [-0.39, 0.29) is 11.8 Å². The third kappa shape index (κ3) is 5.79. The Morgan fingerprint density at radius 3 is 2.57 bits per heavy atom. The normalized spacial score (nSPS) is 15.0. The molecule has 0 fully saturated rings. The molecule has 2 amide bonds. The second-order valence-corrected chi connectivity index (χ2v) is 7.06. The predicted octanol–water partition coefficient (Wildman–Crippen LogP) is 2.38. The molecule has 28 heavy (non-hydrogen) atoms. The van der Waals surface area contributed by atoms with Gasteiger partial charge in [0.25, 0.3) is 0 Å². The summed E-state index contributed by atoms with van der Waals surface area (Å²) in [4.78, 5) is 26.5. The van der Waals surface area contributed by atoms with Gasteiger partial charge in [0.15, 0.2) is 0 Å². The monoisotopic (exact) mass is 377 g/mol. The summed E-state index contributed by atoms with van der Waals surface area (Å²) in [6, 6.07) is 17.5. The van der Waals surface area contributed by atoms with Crippen molar-refractivity contribution in [3.05, 3.63) is 77.4 Å². The van der Waals surface area contributed by atoms with Crippen LogP contribution in [0.1, 0.15) is 23.6 Å². The van der Waals surface area contributed by atoms with Gasteiger partial charge >= 0.3 is 0 Å². The number of amides is 2. The quantitative estimate of drug-likeness (QED) is 0.729. The van der Waals surface area contributed by atoms with Gasteiger partial charge in [0.2, 0.25) is 11.8 Å². The number of nitrogens with zero attached hydrogens (tertiary/aromatic N) is 1. The van der Waals surface area contributed by atoms with Gasteiger partial charge in [0.05, 0.1) is 0 Å². The van der Waals surface area contributed by atoms with Crippen LogP contribution in [-0.4, -0.2) is 42.4 Å². The third-order valence-electron chi connectivity index (χ3n) is 4.92. The van der Waals surface area contributed by atoms with E-state index in [0.717, 1.165) is 31.6 Å². The van der Waals surface area contributed by atoms with Crippen molar-refractivity contribution < 1.29 is 9.59 Å². The van der Waals surface area contributed by atoms with Crippen LogP contribution in [0.2, 0.25) is 0 Å². The molecule has 0 radical (unpaired) electrons. The summed E-state index contributed by atoms with van der Waals surface area (Å²) in [5.74, 6) is -0.446. The van der Waals surface area contributed by atoms with Crippen LogP contribution in [-0.2, 0) is 22.6 Å². The van der Waals surface area contributed by atoms with E-state index in [0.29, 0.717) is 6.54 Å². The van der Waals surface area contributed by atoms with Gasteiger partial charge < -0.3 is 10.6 Å². The molecule has 1 aliphatic rings. The molecule has 1 atom stereocenters. The van der Waals surface area contributed by atoms with Crippen LogP contribution in [0.5, 0.6) is 0 Å². The van der Waals surface area contributed by atoms with Gasteiger partial charge in [-0.1, -0.05) is 54.6 Å². The standard InChI is InChI=1S/C23H27N3O2/c1-18(25-22(27)12-11-19-7-3-2-4-8-19)23(28)24-14-16-26-15-13-20-9-5-6-10-21(20)17-26/h2-12,18H,13-17H2,1H3,(H,24,28)(H,25,27)/b12-11+. The minimum absolute atomic E-state index is 0.168. The molecule has 0 aliphatic carbocycles. The maximum atomic E-state index is 12.2. The molecule has 0 aromatic heterocycles. The lowest BCUT2D eigenvalue weighted by Crippen LogP contribution is -2.46. The number of benzene rings is 2. The van der Waals surface area contributed by atoms with E-state index < -0.39 is 6.04 Å². The Bertz CT molecular complexity index is 833. The zero-order chi connectivity index (χ0) is 19.8. The summed E-state index contributed by atoms with van der Waals surface area (Å²) in [7, 11) is 0. The lowest BCUT2D eigenvalue weighted by Gasteiger charge is -2.28. The second-order valence-electron chi connectivity index (χ2n) is 7.06. The van der Waals surface area contributed by atoms with E-state index in [9.17, 15) is 9.59 Å². The minimum Gasteiger partial charge on any atom is -0.353 e. The lowest BCUT2D eigenvalue weighted by molar-refractivity contribution is -0.126. The van der Waals surface area contributed by atoms with E-state index in [1.807, 2.05) is 30.3 Å². The fourth-order valence-electron chi connectivity index (χ4n) is 3.30. The van der Waals surface area contributed by atoms with Crippen molar-refractivity contribution in [3.8, 4) is 0 Å². The molecule has 1 heterocycles. The molecule has 1 aliphatic heterocycles. The van der Waals surface area contributed by atoms with Crippen LogP contribution >= 0.6 is 0 Å². The highest BCUT2D eigenvalue weighted by Crippen LogP contribution is 2.17. The summed E-state index contributed by atoms with van der Waals surface area (Å²) < 4.78 is 0. The van der Waals surface area contributed by atoms with Crippen molar-refractivity contribution in [1.82, 2.24) is 15.5 Å². The Morgan fingerprint density at radius 1 is 1.07 bits per heavy atom. The SMILES string of the molecule is CC(NC(=O)/C=C/c1ccccc1)C(=O)NCCN1CCc2ccccc2C1. The number of carbonyl (C=O) groups is 2. The minimum atomic E-state index is -0.574. The van der Waals surface area contributed by atoms with Gasteiger partial charge in [0.1, 0.15) is 6.04 Å². The van der Waals surface area contributed by atoms with E-state index >= 15 is 0 Å². The average molecular weight is 377 g/mol.